The molecule has 1 aliphatic heterocycles. The third kappa shape index (κ3) is 3.46. The van der Waals surface area contributed by atoms with E-state index in [0.717, 1.165) is 24.0 Å². The van der Waals surface area contributed by atoms with Crippen molar-refractivity contribution in [2.24, 2.45) is 0 Å². The molecule has 2 rings (SSSR count). The van der Waals surface area contributed by atoms with Crippen LogP contribution >= 0.6 is 23.5 Å². The standard InChI is InChI=1S/C14H17F3OS2/c1-2-11-13(20-8-7-19-11)12(18)9-5-3-4-6-10(9)14(15,16)17/h3-6,11-13,18H,2,7-8H2,1H3. The second kappa shape index (κ2) is 6.62. The largest absolute Gasteiger partial charge is 0.416 e. The molecule has 1 aliphatic rings. The lowest BCUT2D eigenvalue weighted by Gasteiger charge is -2.34. The highest BCUT2D eigenvalue weighted by Crippen LogP contribution is 2.43. The molecule has 0 amide bonds. The lowest BCUT2D eigenvalue weighted by atomic mass is 9.97. The summed E-state index contributed by atoms with van der Waals surface area (Å²) in [6.07, 6.45) is -4.64. The molecule has 0 radical (unpaired) electrons. The Balaban J connectivity index is 2.31. The summed E-state index contributed by atoms with van der Waals surface area (Å²) < 4.78 is 39.1. The molecule has 0 spiro atoms. The van der Waals surface area contributed by atoms with Gasteiger partial charge in [0.25, 0.3) is 0 Å². The maximum atomic E-state index is 13.0. The topological polar surface area (TPSA) is 20.2 Å². The van der Waals surface area contributed by atoms with E-state index in [9.17, 15) is 18.3 Å². The van der Waals surface area contributed by atoms with Crippen LogP contribution in [0.25, 0.3) is 0 Å². The maximum absolute atomic E-state index is 13.0. The van der Waals surface area contributed by atoms with E-state index in [1.165, 1.54) is 12.1 Å². The van der Waals surface area contributed by atoms with Crippen LogP contribution in [0, 0.1) is 0 Å². The van der Waals surface area contributed by atoms with Crippen LogP contribution in [-0.2, 0) is 6.18 Å². The molecule has 1 N–H and O–H groups in total. The first-order valence-corrected chi connectivity index (χ1v) is 8.62. The molecule has 1 fully saturated rings. The fourth-order valence-corrected chi connectivity index (χ4v) is 5.55. The summed E-state index contributed by atoms with van der Waals surface area (Å²) in [6.45, 7) is 2.01. The van der Waals surface area contributed by atoms with Gasteiger partial charge in [0.05, 0.1) is 11.7 Å². The van der Waals surface area contributed by atoms with Gasteiger partial charge < -0.3 is 5.11 Å². The molecule has 1 aromatic rings. The van der Waals surface area contributed by atoms with Crippen molar-refractivity contribution in [1.82, 2.24) is 0 Å². The molecule has 0 saturated carbocycles. The fourth-order valence-electron chi connectivity index (χ4n) is 2.42. The van der Waals surface area contributed by atoms with E-state index in [4.69, 9.17) is 0 Å². The molecular formula is C14H17F3OS2. The molecule has 20 heavy (non-hydrogen) atoms. The molecule has 3 atom stereocenters. The third-order valence-corrected chi connectivity index (χ3v) is 6.73. The minimum Gasteiger partial charge on any atom is -0.387 e. The van der Waals surface area contributed by atoms with Crippen LogP contribution in [0.2, 0.25) is 0 Å². The number of benzene rings is 1. The van der Waals surface area contributed by atoms with Crippen molar-refractivity contribution in [3.8, 4) is 0 Å². The average molecular weight is 322 g/mol. The van der Waals surface area contributed by atoms with Crippen LogP contribution in [0.1, 0.15) is 30.6 Å². The lowest BCUT2D eigenvalue weighted by Crippen LogP contribution is -2.32. The van der Waals surface area contributed by atoms with E-state index in [2.05, 4.69) is 0 Å². The Hall–Kier alpha value is -0.330. The van der Waals surface area contributed by atoms with Crippen LogP contribution in [0.4, 0.5) is 13.2 Å². The van der Waals surface area contributed by atoms with Crippen LogP contribution in [0.3, 0.4) is 0 Å². The zero-order valence-electron chi connectivity index (χ0n) is 11.1. The number of hydrogen-bond acceptors (Lipinski definition) is 3. The molecule has 0 bridgehead atoms. The van der Waals surface area contributed by atoms with Gasteiger partial charge >= 0.3 is 6.18 Å². The quantitative estimate of drug-likeness (QED) is 0.892. The summed E-state index contributed by atoms with van der Waals surface area (Å²) in [6, 6.07) is 5.34. The van der Waals surface area contributed by atoms with Gasteiger partial charge in [0.15, 0.2) is 0 Å². The van der Waals surface area contributed by atoms with Crippen molar-refractivity contribution in [3.63, 3.8) is 0 Å². The number of hydrogen-bond donors (Lipinski definition) is 1. The van der Waals surface area contributed by atoms with Crippen LogP contribution in [0.5, 0.6) is 0 Å². The Morgan fingerprint density at radius 3 is 2.55 bits per heavy atom. The van der Waals surface area contributed by atoms with Gasteiger partial charge in [-0.05, 0) is 18.1 Å². The number of aliphatic hydroxyl groups excluding tert-OH is 1. The Morgan fingerprint density at radius 1 is 1.25 bits per heavy atom. The summed E-state index contributed by atoms with van der Waals surface area (Å²) in [4.78, 5) is 0. The van der Waals surface area contributed by atoms with Crippen LogP contribution in [-0.4, -0.2) is 27.1 Å². The predicted octanol–water partition coefficient (Wildman–Crippen LogP) is 4.37. The maximum Gasteiger partial charge on any atom is 0.416 e. The molecule has 1 nitrogen and oxygen atoms in total. The minimum absolute atomic E-state index is 0.00144. The molecule has 6 heteroatoms. The average Bonchev–Trinajstić information content (AvgIpc) is 2.45. The van der Waals surface area contributed by atoms with Gasteiger partial charge in [-0.25, -0.2) is 0 Å². The number of alkyl halides is 3. The first-order valence-electron chi connectivity index (χ1n) is 6.52. The molecule has 112 valence electrons. The van der Waals surface area contributed by atoms with Crippen LogP contribution in [0.15, 0.2) is 24.3 Å². The highest BCUT2D eigenvalue weighted by Gasteiger charge is 2.39. The Bertz CT molecular complexity index is 450. The van der Waals surface area contributed by atoms with Crippen molar-refractivity contribution in [2.75, 3.05) is 11.5 Å². The van der Waals surface area contributed by atoms with Gasteiger partial charge in [-0.15, -0.1) is 0 Å². The Labute approximate surface area is 125 Å². The fraction of sp³-hybridized carbons (Fsp3) is 0.571. The zero-order valence-corrected chi connectivity index (χ0v) is 12.7. The van der Waals surface area contributed by atoms with Crippen molar-refractivity contribution in [3.05, 3.63) is 35.4 Å². The predicted molar refractivity (Wildman–Crippen MR) is 79.2 cm³/mol. The van der Waals surface area contributed by atoms with Gasteiger partial charge in [-0.2, -0.15) is 36.7 Å². The molecule has 1 heterocycles. The highest BCUT2D eigenvalue weighted by molar-refractivity contribution is 8.07. The molecule has 0 aliphatic carbocycles. The second-order valence-corrected chi connectivity index (χ2v) is 7.32. The summed E-state index contributed by atoms with van der Waals surface area (Å²) in [5.74, 6) is 1.87. The smallest absolute Gasteiger partial charge is 0.387 e. The van der Waals surface area contributed by atoms with E-state index in [1.807, 2.05) is 6.92 Å². The van der Waals surface area contributed by atoms with E-state index < -0.39 is 17.8 Å². The van der Waals surface area contributed by atoms with E-state index in [1.54, 1.807) is 29.6 Å². The molecule has 3 unspecified atom stereocenters. The first-order chi connectivity index (χ1) is 9.45. The Morgan fingerprint density at radius 2 is 1.90 bits per heavy atom. The summed E-state index contributed by atoms with van der Waals surface area (Å²) in [7, 11) is 0. The number of rotatable bonds is 3. The monoisotopic (exact) mass is 322 g/mol. The normalized spacial score (nSPS) is 25.4. The number of aliphatic hydroxyl groups is 1. The summed E-state index contributed by atoms with van der Waals surface area (Å²) >= 11 is 3.33. The van der Waals surface area contributed by atoms with Crippen LogP contribution < -0.4 is 0 Å². The SMILES string of the molecule is CCC1SCCSC1C(O)c1ccccc1C(F)(F)F. The van der Waals surface area contributed by atoms with Gasteiger partial charge in [0.1, 0.15) is 0 Å². The van der Waals surface area contributed by atoms with Crippen molar-refractivity contribution < 1.29 is 18.3 Å². The minimum atomic E-state index is -4.42. The summed E-state index contributed by atoms with van der Waals surface area (Å²) in [5, 5.41) is 10.5. The van der Waals surface area contributed by atoms with Crippen molar-refractivity contribution in [1.29, 1.82) is 0 Å². The van der Waals surface area contributed by atoms with Gasteiger partial charge in [-0.1, -0.05) is 25.1 Å². The molecule has 1 saturated heterocycles. The molecule has 1 aromatic carbocycles. The van der Waals surface area contributed by atoms with Crippen molar-refractivity contribution in [2.45, 2.75) is 36.1 Å². The number of thioether (sulfide) groups is 2. The summed E-state index contributed by atoms with van der Waals surface area (Å²) in [5.41, 5.74) is -0.725. The Kier molecular flexibility index (Phi) is 5.31. The van der Waals surface area contributed by atoms with Gasteiger partial charge in [-0.3, -0.25) is 0 Å². The van der Waals surface area contributed by atoms with Gasteiger partial charge in [0.2, 0.25) is 0 Å². The van der Waals surface area contributed by atoms with Crippen molar-refractivity contribution >= 4 is 23.5 Å². The molecular weight excluding hydrogens is 305 g/mol. The van der Waals surface area contributed by atoms with Gasteiger partial charge in [0, 0.05) is 22.0 Å². The zero-order chi connectivity index (χ0) is 14.8. The van der Waals surface area contributed by atoms with E-state index in [-0.39, 0.29) is 16.1 Å². The third-order valence-electron chi connectivity index (χ3n) is 3.39. The second-order valence-electron chi connectivity index (χ2n) is 4.68. The highest BCUT2D eigenvalue weighted by atomic mass is 32.2. The lowest BCUT2D eigenvalue weighted by molar-refractivity contribution is -0.139. The molecule has 0 aromatic heterocycles. The number of halogens is 3. The van der Waals surface area contributed by atoms with E-state index >= 15 is 0 Å². The van der Waals surface area contributed by atoms with E-state index in [0.29, 0.717) is 0 Å². The first kappa shape index (κ1) is 16.0.